The first kappa shape index (κ1) is 15.6. The molecule has 23 heavy (non-hydrogen) atoms. The zero-order valence-electron chi connectivity index (χ0n) is 12.3. The van der Waals surface area contributed by atoms with Crippen LogP contribution < -0.4 is 4.74 Å². The summed E-state index contributed by atoms with van der Waals surface area (Å²) >= 11 is 1.64. The van der Waals surface area contributed by atoms with Crippen LogP contribution >= 0.6 is 11.8 Å². The fraction of sp³-hybridized carbons (Fsp3) is 0.176. The van der Waals surface area contributed by atoms with Gasteiger partial charge in [-0.1, -0.05) is 35.5 Å². The van der Waals surface area contributed by atoms with E-state index in [-0.39, 0.29) is 5.82 Å². The van der Waals surface area contributed by atoms with Gasteiger partial charge in [0.25, 0.3) is 0 Å². The van der Waals surface area contributed by atoms with Crippen LogP contribution in [0, 0.1) is 5.82 Å². The Morgan fingerprint density at radius 2 is 1.83 bits per heavy atom. The van der Waals surface area contributed by atoms with Gasteiger partial charge in [0, 0.05) is 11.3 Å². The van der Waals surface area contributed by atoms with E-state index in [1.165, 1.54) is 12.1 Å². The Bertz CT molecular complexity index is 732. The Morgan fingerprint density at radius 3 is 2.61 bits per heavy atom. The molecule has 118 valence electrons. The summed E-state index contributed by atoms with van der Waals surface area (Å²) in [5.41, 5.74) is 0.937. The minimum atomic E-state index is -0.266. The number of ether oxygens (including phenoxy) is 1. The van der Waals surface area contributed by atoms with E-state index in [4.69, 9.17) is 9.26 Å². The van der Waals surface area contributed by atoms with Crippen molar-refractivity contribution in [2.45, 2.75) is 5.75 Å². The molecule has 0 radical (unpaired) electrons. The third-order valence-electron chi connectivity index (χ3n) is 3.04. The number of aromatic nitrogens is 2. The molecule has 0 bridgehead atoms. The molecule has 0 aliphatic heterocycles. The summed E-state index contributed by atoms with van der Waals surface area (Å²) in [6.45, 7) is 0.538. The predicted molar refractivity (Wildman–Crippen MR) is 87.8 cm³/mol. The van der Waals surface area contributed by atoms with Gasteiger partial charge in [-0.3, -0.25) is 0 Å². The van der Waals surface area contributed by atoms with Crippen LogP contribution in [0.1, 0.15) is 5.89 Å². The Balaban J connectivity index is 1.41. The number of rotatable bonds is 7. The highest BCUT2D eigenvalue weighted by molar-refractivity contribution is 7.98. The third-order valence-corrected chi connectivity index (χ3v) is 3.94. The molecule has 0 aliphatic rings. The van der Waals surface area contributed by atoms with Crippen molar-refractivity contribution in [2.75, 3.05) is 12.4 Å². The Labute approximate surface area is 137 Å². The molecule has 0 atom stereocenters. The average molecular weight is 330 g/mol. The second kappa shape index (κ2) is 7.78. The lowest BCUT2D eigenvalue weighted by Crippen LogP contribution is -2.00. The Hall–Kier alpha value is -2.34. The highest BCUT2D eigenvalue weighted by atomic mass is 32.2. The second-order valence-corrected chi connectivity index (χ2v) is 5.84. The molecule has 0 amide bonds. The predicted octanol–water partition coefficient (Wildman–Crippen LogP) is 4.19. The topological polar surface area (TPSA) is 48.2 Å². The molecule has 0 saturated heterocycles. The lowest BCUT2D eigenvalue weighted by atomic mass is 10.2. The lowest BCUT2D eigenvalue weighted by Gasteiger charge is -2.04. The SMILES string of the molecule is Fc1ccc(OCCSCc2nc(-c3ccccc3)no2)cc1. The van der Waals surface area contributed by atoms with E-state index < -0.39 is 0 Å². The Kier molecular flexibility index (Phi) is 5.26. The number of hydrogen-bond donors (Lipinski definition) is 0. The van der Waals surface area contributed by atoms with Crippen LogP contribution in [0.15, 0.2) is 59.1 Å². The largest absolute Gasteiger partial charge is 0.493 e. The molecule has 2 aromatic carbocycles. The van der Waals surface area contributed by atoms with Crippen molar-refractivity contribution >= 4 is 11.8 Å². The molecule has 6 heteroatoms. The van der Waals surface area contributed by atoms with E-state index in [2.05, 4.69) is 10.1 Å². The quantitative estimate of drug-likeness (QED) is 0.608. The molecule has 0 fully saturated rings. The molecule has 0 spiro atoms. The molecule has 1 heterocycles. The van der Waals surface area contributed by atoms with Gasteiger partial charge < -0.3 is 9.26 Å². The van der Waals surface area contributed by atoms with Gasteiger partial charge >= 0.3 is 0 Å². The zero-order valence-corrected chi connectivity index (χ0v) is 13.1. The van der Waals surface area contributed by atoms with E-state index >= 15 is 0 Å². The first-order valence-electron chi connectivity index (χ1n) is 7.15. The van der Waals surface area contributed by atoms with Crippen molar-refractivity contribution in [2.24, 2.45) is 0 Å². The van der Waals surface area contributed by atoms with Crippen LogP contribution in [0.2, 0.25) is 0 Å². The molecular weight excluding hydrogens is 315 g/mol. The first-order chi connectivity index (χ1) is 11.3. The molecule has 0 unspecified atom stereocenters. The molecule has 3 aromatic rings. The van der Waals surface area contributed by atoms with Gasteiger partial charge in [-0.25, -0.2) is 4.39 Å². The van der Waals surface area contributed by atoms with Crippen LogP contribution in [0.5, 0.6) is 5.75 Å². The van der Waals surface area contributed by atoms with Crippen molar-refractivity contribution in [3.8, 4) is 17.1 Å². The number of benzene rings is 2. The van der Waals surface area contributed by atoms with Crippen LogP contribution in [-0.2, 0) is 5.75 Å². The van der Waals surface area contributed by atoms with Gasteiger partial charge in [-0.05, 0) is 24.3 Å². The molecule has 3 rings (SSSR count). The summed E-state index contributed by atoms with van der Waals surface area (Å²) in [4.78, 5) is 4.36. The van der Waals surface area contributed by atoms with E-state index in [0.29, 0.717) is 29.8 Å². The third kappa shape index (κ3) is 4.56. The van der Waals surface area contributed by atoms with Gasteiger partial charge in [0.2, 0.25) is 11.7 Å². The number of hydrogen-bond acceptors (Lipinski definition) is 5. The number of thioether (sulfide) groups is 1. The standard InChI is InChI=1S/C17H15FN2O2S/c18-14-6-8-15(9-7-14)21-10-11-23-12-16-19-17(20-22-16)13-4-2-1-3-5-13/h1-9H,10-12H2. The maximum absolute atomic E-state index is 12.8. The summed E-state index contributed by atoms with van der Waals surface area (Å²) in [7, 11) is 0. The summed E-state index contributed by atoms with van der Waals surface area (Å²) in [6.07, 6.45) is 0. The normalized spacial score (nSPS) is 10.7. The monoisotopic (exact) mass is 330 g/mol. The minimum absolute atomic E-state index is 0.266. The summed E-state index contributed by atoms with van der Waals surface area (Å²) < 4.78 is 23.5. The van der Waals surface area contributed by atoms with E-state index in [9.17, 15) is 4.39 Å². The maximum Gasteiger partial charge on any atom is 0.236 e. The highest BCUT2D eigenvalue weighted by Gasteiger charge is 2.07. The molecule has 0 aliphatic carbocycles. The van der Waals surface area contributed by atoms with Crippen LogP contribution in [0.25, 0.3) is 11.4 Å². The molecule has 0 saturated carbocycles. The minimum Gasteiger partial charge on any atom is -0.493 e. The van der Waals surface area contributed by atoms with E-state index in [1.54, 1.807) is 23.9 Å². The Morgan fingerprint density at radius 1 is 1.04 bits per heavy atom. The van der Waals surface area contributed by atoms with E-state index in [0.717, 1.165) is 11.3 Å². The average Bonchev–Trinajstić information content (AvgIpc) is 3.06. The van der Waals surface area contributed by atoms with Gasteiger partial charge in [-0.2, -0.15) is 4.98 Å². The highest BCUT2D eigenvalue weighted by Crippen LogP contribution is 2.18. The van der Waals surface area contributed by atoms with Crippen molar-refractivity contribution in [3.05, 3.63) is 66.3 Å². The van der Waals surface area contributed by atoms with Crippen LogP contribution in [0.3, 0.4) is 0 Å². The summed E-state index contributed by atoms with van der Waals surface area (Å²) in [5.74, 6) is 3.00. The fourth-order valence-electron chi connectivity index (χ4n) is 1.93. The second-order valence-electron chi connectivity index (χ2n) is 4.73. The van der Waals surface area contributed by atoms with Gasteiger partial charge in [0.05, 0.1) is 12.4 Å². The van der Waals surface area contributed by atoms with Crippen molar-refractivity contribution < 1.29 is 13.7 Å². The van der Waals surface area contributed by atoms with Gasteiger partial charge in [0.15, 0.2) is 0 Å². The van der Waals surface area contributed by atoms with Crippen LogP contribution in [-0.4, -0.2) is 22.5 Å². The van der Waals surface area contributed by atoms with Crippen molar-refractivity contribution in [1.82, 2.24) is 10.1 Å². The van der Waals surface area contributed by atoms with E-state index in [1.807, 2.05) is 30.3 Å². The lowest BCUT2D eigenvalue weighted by molar-refractivity contribution is 0.343. The summed E-state index contributed by atoms with van der Waals surface area (Å²) in [6, 6.07) is 15.7. The molecule has 4 nitrogen and oxygen atoms in total. The number of halogens is 1. The maximum atomic E-state index is 12.8. The molecular formula is C17H15FN2O2S. The van der Waals surface area contributed by atoms with Crippen molar-refractivity contribution in [1.29, 1.82) is 0 Å². The fourth-order valence-corrected chi connectivity index (χ4v) is 2.56. The summed E-state index contributed by atoms with van der Waals surface area (Å²) in [5, 5.41) is 3.97. The van der Waals surface area contributed by atoms with Crippen molar-refractivity contribution in [3.63, 3.8) is 0 Å². The molecule has 0 N–H and O–H groups in total. The first-order valence-corrected chi connectivity index (χ1v) is 8.31. The van der Waals surface area contributed by atoms with Crippen LogP contribution in [0.4, 0.5) is 4.39 Å². The van der Waals surface area contributed by atoms with Gasteiger partial charge in [-0.15, -0.1) is 11.8 Å². The molecule has 1 aromatic heterocycles. The number of nitrogens with zero attached hydrogens (tertiary/aromatic N) is 2. The van der Waals surface area contributed by atoms with Gasteiger partial charge in [0.1, 0.15) is 11.6 Å². The smallest absolute Gasteiger partial charge is 0.236 e. The zero-order chi connectivity index (χ0) is 15.9.